The maximum absolute atomic E-state index is 5.28. The van der Waals surface area contributed by atoms with Crippen LogP contribution in [0.25, 0.3) is 11.6 Å². The van der Waals surface area contributed by atoms with Crippen LogP contribution in [0.1, 0.15) is 30.5 Å². The Labute approximate surface area is 163 Å². The van der Waals surface area contributed by atoms with Gasteiger partial charge < -0.3 is 15.2 Å². The van der Waals surface area contributed by atoms with Gasteiger partial charge >= 0.3 is 0 Å². The summed E-state index contributed by atoms with van der Waals surface area (Å²) >= 11 is 1.77. The molecular formula is C19H24N6OS. The van der Waals surface area contributed by atoms with E-state index in [0.29, 0.717) is 36.3 Å². The Morgan fingerprint density at radius 2 is 2.19 bits per heavy atom. The molecule has 0 aliphatic rings. The molecule has 3 rings (SSSR count). The molecule has 0 fully saturated rings. The number of guanidine groups is 1. The Hall–Kier alpha value is -2.74. The molecule has 0 saturated heterocycles. The molecule has 27 heavy (non-hydrogen) atoms. The molecular weight excluding hydrogens is 360 g/mol. The van der Waals surface area contributed by atoms with E-state index < -0.39 is 0 Å². The molecule has 0 aromatic carbocycles. The van der Waals surface area contributed by atoms with Crippen LogP contribution < -0.4 is 10.6 Å². The standard InChI is InChI=1S/C19H24N6OS/c1-3-20-19(23-13-14(2)16-8-6-12-27-16)22-11-9-17-24-18(26-25-17)15-7-4-5-10-21-15/h4-8,10,12,14H,3,9,11,13H2,1-2H3,(H2,20,22,23). The zero-order chi connectivity index (χ0) is 18.9. The van der Waals surface area contributed by atoms with Crippen molar-refractivity contribution in [2.45, 2.75) is 26.2 Å². The van der Waals surface area contributed by atoms with Gasteiger partial charge in [0.05, 0.1) is 6.54 Å². The van der Waals surface area contributed by atoms with Crippen LogP contribution in [0, 0.1) is 0 Å². The fourth-order valence-corrected chi connectivity index (χ4v) is 3.25. The number of hydrogen-bond acceptors (Lipinski definition) is 6. The smallest absolute Gasteiger partial charge is 0.276 e. The summed E-state index contributed by atoms with van der Waals surface area (Å²) in [6, 6.07) is 9.82. The van der Waals surface area contributed by atoms with Crippen molar-refractivity contribution in [1.82, 2.24) is 25.8 Å². The summed E-state index contributed by atoms with van der Waals surface area (Å²) in [5.74, 6) is 2.29. The van der Waals surface area contributed by atoms with Gasteiger partial charge in [-0.15, -0.1) is 11.3 Å². The molecule has 1 unspecified atom stereocenters. The highest BCUT2D eigenvalue weighted by atomic mass is 32.1. The van der Waals surface area contributed by atoms with Crippen LogP contribution in [0.3, 0.4) is 0 Å². The SMILES string of the molecule is CCNC(=NCC(C)c1cccs1)NCCc1noc(-c2ccccn2)n1. The van der Waals surface area contributed by atoms with Crippen molar-refractivity contribution in [2.24, 2.45) is 4.99 Å². The zero-order valence-electron chi connectivity index (χ0n) is 15.6. The lowest BCUT2D eigenvalue weighted by Crippen LogP contribution is -2.38. The molecule has 7 nitrogen and oxygen atoms in total. The molecule has 0 spiro atoms. The quantitative estimate of drug-likeness (QED) is 0.458. The normalized spacial score (nSPS) is 12.7. The van der Waals surface area contributed by atoms with E-state index in [2.05, 4.69) is 62.1 Å². The fraction of sp³-hybridized carbons (Fsp3) is 0.368. The van der Waals surface area contributed by atoms with Crippen molar-refractivity contribution in [3.05, 3.63) is 52.6 Å². The van der Waals surface area contributed by atoms with E-state index in [1.807, 2.05) is 18.2 Å². The van der Waals surface area contributed by atoms with Gasteiger partial charge in [0.1, 0.15) is 5.69 Å². The topological polar surface area (TPSA) is 88.2 Å². The highest BCUT2D eigenvalue weighted by molar-refractivity contribution is 7.10. The van der Waals surface area contributed by atoms with Gasteiger partial charge in [-0.05, 0) is 30.5 Å². The maximum atomic E-state index is 5.28. The van der Waals surface area contributed by atoms with Gasteiger partial charge in [-0.3, -0.25) is 9.98 Å². The molecule has 2 N–H and O–H groups in total. The predicted octanol–water partition coefficient (Wildman–Crippen LogP) is 3.09. The van der Waals surface area contributed by atoms with Crippen molar-refractivity contribution in [3.63, 3.8) is 0 Å². The second-order valence-corrected chi connectivity index (χ2v) is 7.02. The molecule has 3 aromatic rings. The van der Waals surface area contributed by atoms with E-state index in [1.54, 1.807) is 17.5 Å². The molecule has 0 aliphatic heterocycles. The van der Waals surface area contributed by atoms with Crippen molar-refractivity contribution in [3.8, 4) is 11.6 Å². The molecule has 0 saturated carbocycles. The lowest BCUT2D eigenvalue weighted by Gasteiger charge is -2.12. The van der Waals surface area contributed by atoms with Gasteiger partial charge in [-0.2, -0.15) is 4.98 Å². The first-order valence-corrected chi connectivity index (χ1v) is 9.93. The number of nitrogens with zero attached hydrogens (tertiary/aromatic N) is 4. The Kier molecular flexibility index (Phi) is 6.92. The summed E-state index contributed by atoms with van der Waals surface area (Å²) in [5.41, 5.74) is 0.682. The molecule has 3 heterocycles. The number of thiophene rings is 1. The number of hydrogen-bond donors (Lipinski definition) is 2. The summed E-state index contributed by atoms with van der Waals surface area (Å²) in [6.07, 6.45) is 2.35. The molecule has 0 bridgehead atoms. The lowest BCUT2D eigenvalue weighted by atomic mass is 10.1. The van der Waals surface area contributed by atoms with Crippen LogP contribution in [0.4, 0.5) is 0 Å². The minimum atomic E-state index is 0.401. The predicted molar refractivity (Wildman–Crippen MR) is 108 cm³/mol. The Balaban J connectivity index is 1.51. The molecule has 1 atom stereocenters. The second kappa shape index (κ2) is 9.82. The van der Waals surface area contributed by atoms with Gasteiger partial charge in [0, 0.05) is 36.5 Å². The fourth-order valence-electron chi connectivity index (χ4n) is 2.47. The summed E-state index contributed by atoms with van der Waals surface area (Å²) < 4.78 is 5.28. The maximum Gasteiger partial charge on any atom is 0.276 e. The summed E-state index contributed by atoms with van der Waals surface area (Å²) in [4.78, 5) is 14.6. The van der Waals surface area contributed by atoms with Crippen LogP contribution >= 0.6 is 11.3 Å². The van der Waals surface area contributed by atoms with Crippen LogP contribution in [-0.4, -0.2) is 40.7 Å². The van der Waals surface area contributed by atoms with Crippen molar-refractivity contribution < 1.29 is 4.52 Å². The summed E-state index contributed by atoms with van der Waals surface area (Å²) in [7, 11) is 0. The summed E-state index contributed by atoms with van der Waals surface area (Å²) in [6.45, 7) is 6.46. The number of nitrogens with one attached hydrogen (secondary N) is 2. The highest BCUT2D eigenvalue weighted by Crippen LogP contribution is 2.20. The molecule has 8 heteroatoms. The van der Waals surface area contributed by atoms with Gasteiger partial charge in [0.15, 0.2) is 11.8 Å². The molecule has 0 radical (unpaired) electrons. The first-order valence-electron chi connectivity index (χ1n) is 9.06. The van der Waals surface area contributed by atoms with Gasteiger partial charge in [0.2, 0.25) is 0 Å². The molecule has 3 aromatic heterocycles. The van der Waals surface area contributed by atoms with E-state index in [9.17, 15) is 0 Å². The number of pyridine rings is 1. The summed E-state index contributed by atoms with van der Waals surface area (Å²) in [5, 5.41) is 12.7. The third-order valence-corrected chi connectivity index (χ3v) is 4.99. The average Bonchev–Trinajstić information content (AvgIpc) is 3.39. The van der Waals surface area contributed by atoms with E-state index in [-0.39, 0.29) is 0 Å². The first kappa shape index (κ1) is 19.0. The Morgan fingerprint density at radius 3 is 2.93 bits per heavy atom. The Morgan fingerprint density at radius 1 is 1.26 bits per heavy atom. The van der Waals surface area contributed by atoms with Crippen LogP contribution in [0.2, 0.25) is 0 Å². The number of rotatable bonds is 8. The van der Waals surface area contributed by atoms with Crippen molar-refractivity contribution in [2.75, 3.05) is 19.6 Å². The molecule has 0 aliphatic carbocycles. The largest absolute Gasteiger partial charge is 0.357 e. The minimum Gasteiger partial charge on any atom is -0.357 e. The molecule has 0 amide bonds. The first-order chi connectivity index (χ1) is 13.3. The van der Waals surface area contributed by atoms with Crippen molar-refractivity contribution >= 4 is 17.3 Å². The van der Waals surface area contributed by atoms with Crippen LogP contribution in [-0.2, 0) is 6.42 Å². The second-order valence-electron chi connectivity index (χ2n) is 6.04. The van der Waals surface area contributed by atoms with Crippen LogP contribution in [0.5, 0.6) is 0 Å². The van der Waals surface area contributed by atoms with Gasteiger partial charge in [-0.25, -0.2) is 0 Å². The van der Waals surface area contributed by atoms with E-state index in [0.717, 1.165) is 19.0 Å². The van der Waals surface area contributed by atoms with Crippen molar-refractivity contribution in [1.29, 1.82) is 0 Å². The minimum absolute atomic E-state index is 0.401. The van der Waals surface area contributed by atoms with E-state index in [4.69, 9.17) is 4.52 Å². The van der Waals surface area contributed by atoms with E-state index >= 15 is 0 Å². The Bertz CT molecular complexity index is 831. The average molecular weight is 385 g/mol. The zero-order valence-corrected chi connectivity index (χ0v) is 16.4. The van der Waals surface area contributed by atoms with E-state index in [1.165, 1.54) is 4.88 Å². The highest BCUT2D eigenvalue weighted by Gasteiger charge is 2.10. The number of aromatic nitrogens is 3. The van der Waals surface area contributed by atoms with Gasteiger partial charge in [-0.1, -0.05) is 24.2 Å². The third-order valence-electron chi connectivity index (χ3n) is 3.89. The monoisotopic (exact) mass is 384 g/mol. The van der Waals surface area contributed by atoms with Crippen LogP contribution in [0.15, 0.2) is 51.4 Å². The number of aliphatic imine (C=N–C) groups is 1. The third kappa shape index (κ3) is 5.62. The lowest BCUT2D eigenvalue weighted by molar-refractivity contribution is 0.421. The van der Waals surface area contributed by atoms with Gasteiger partial charge in [0.25, 0.3) is 5.89 Å². The molecule has 142 valence electrons.